The number of sulfonamides is 1. The van der Waals surface area contributed by atoms with Crippen LogP contribution in [0.2, 0.25) is 0 Å². The molecular formula is C19H24N2O3S. The van der Waals surface area contributed by atoms with Gasteiger partial charge in [-0.2, -0.15) is 0 Å². The van der Waals surface area contributed by atoms with Gasteiger partial charge in [-0.25, -0.2) is 8.42 Å². The topological polar surface area (TPSA) is 75.3 Å². The first-order valence-corrected chi connectivity index (χ1v) is 9.85. The van der Waals surface area contributed by atoms with Gasteiger partial charge < -0.3 is 5.32 Å². The molecule has 0 aliphatic rings. The van der Waals surface area contributed by atoms with Crippen molar-refractivity contribution in [3.05, 3.63) is 64.7 Å². The zero-order chi connectivity index (χ0) is 18.6. The summed E-state index contributed by atoms with van der Waals surface area (Å²) < 4.78 is 25.6. The molecule has 0 aromatic heterocycles. The minimum absolute atomic E-state index is 0.00263. The summed E-state index contributed by atoms with van der Waals surface area (Å²) in [5.74, 6) is -0.194. The fourth-order valence-electron chi connectivity index (χ4n) is 2.61. The molecule has 0 saturated heterocycles. The van der Waals surface area contributed by atoms with Gasteiger partial charge in [-0.05, 0) is 63.1 Å². The van der Waals surface area contributed by atoms with E-state index in [4.69, 9.17) is 0 Å². The summed E-state index contributed by atoms with van der Waals surface area (Å²) in [5, 5.41) is 2.97. The van der Waals surface area contributed by atoms with Gasteiger partial charge >= 0.3 is 0 Å². The van der Waals surface area contributed by atoms with Crippen LogP contribution < -0.4 is 10.0 Å². The van der Waals surface area contributed by atoms with Crippen molar-refractivity contribution in [1.29, 1.82) is 0 Å². The Morgan fingerprint density at radius 3 is 2.28 bits per heavy atom. The molecule has 2 aromatic rings. The van der Waals surface area contributed by atoms with E-state index in [2.05, 4.69) is 16.1 Å². The van der Waals surface area contributed by atoms with Crippen LogP contribution in [0.1, 0.15) is 46.9 Å². The molecule has 1 amide bonds. The standard InChI is InChI=1S/C19H24N2O3S/c1-5-25(23,24)21-17-9-7-16(8-10-17)19(22)20-15(4)18-11-6-13(2)12-14(18)3/h6-12,15,21H,5H2,1-4H3,(H,20,22). The van der Waals surface area contributed by atoms with E-state index in [0.29, 0.717) is 11.3 Å². The van der Waals surface area contributed by atoms with Crippen LogP contribution in [0, 0.1) is 13.8 Å². The molecule has 1 atom stereocenters. The van der Waals surface area contributed by atoms with Crippen molar-refractivity contribution in [1.82, 2.24) is 5.32 Å². The summed E-state index contributed by atoms with van der Waals surface area (Å²) >= 11 is 0. The number of benzene rings is 2. The normalized spacial score (nSPS) is 12.5. The molecule has 2 rings (SSSR count). The summed E-state index contributed by atoms with van der Waals surface area (Å²) in [6.07, 6.45) is 0. The molecule has 0 radical (unpaired) electrons. The van der Waals surface area contributed by atoms with Crippen LogP contribution in [0.3, 0.4) is 0 Å². The van der Waals surface area contributed by atoms with Crippen LogP contribution >= 0.6 is 0 Å². The first-order valence-electron chi connectivity index (χ1n) is 8.20. The third-order valence-electron chi connectivity index (χ3n) is 4.04. The van der Waals surface area contributed by atoms with Gasteiger partial charge in [-0.15, -0.1) is 0 Å². The van der Waals surface area contributed by atoms with E-state index in [-0.39, 0.29) is 17.7 Å². The summed E-state index contributed by atoms with van der Waals surface area (Å²) in [7, 11) is -3.32. The Kier molecular flexibility index (Phi) is 5.85. The number of aryl methyl sites for hydroxylation is 2. The highest BCUT2D eigenvalue weighted by molar-refractivity contribution is 7.92. The average Bonchev–Trinajstić information content (AvgIpc) is 2.55. The third-order valence-corrected chi connectivity index (χ3v) is 5.35. The summed E-state index contributed by atoms with van der Waals surface area (Å²) in [5.41, 5.74) is 4.32. The second-order valence-electron chi connectivity index (χ2n) is 6.14. The smallest absolute Gasteiger partial charge is 0.251 e. The van der Waals surface area contributed by atoms with E-state index in [0.717, 1.165) is 11.1 Å². The van der Waals surface area contributed by atoms with Gasteiger partial charge in [-0.1, -0.05) is 23.8 Å². The molecule has 0 bridgehead atoms. The van der Waals surface area contributed by atoms with Gasteiger partial charge in [0.2, 0.25) is 10.0 Å². The van der Waals surface area contributed by atoms with E-state index < -0.39 is 10.0 Å². The first-order chi connectivity index (χ1) is 11.7. The number of rotatable bonds is 6. The predicted octanol–water partition coefficient (Wildman–Crippen LogP) is 3.56. The largest absolute Gasteiger partial charge is 0.346 e. The molecule has 2 aromatic carbocycles. The zero-order valence-corrected chi connectivity index (χ0v) is 15.8. The minimum Gasteiger partial charge on any atom is -0.346 e. The monoisotopic (exact) mass is 360 g/mol. The molecular weight excluding hydrogens is 336 g/mol. The maximum absolute atomic E-state index is 12.4. The Hall–Kier alpha value is -2.34. The van der Waals surface area contributed by atoms with Crippen molar-refractivity contribution >= 4 is 21.6 Å². The van der Waals surface area contributed by atoms with Crippen molar-refractivity contribution in [3.63, 3.8) is 0 Å². The van der Waals surface area contributed by atoms with E-state index in [9.17, 15) is 13.2 Å². The highest BCUT2D eigenvalue weighted by Gasteiger charge is 2.14. The fraction of sp³-hybridized carbons (Fsp3) is 0.316. The van der Waals surface area contributed by atoms with Crippen LogP contribution in [0.5, 0.6) is 0 Å². The number of nitrogens with one attached hydrogen (secondary N) is 2. The summed E-state index contributed by atoms with van der Waals surface area (Å²) in [6.45, 7) is 7.58. The third kappa shape index (κ3) is 5.06. The van der Waals surface area contributed by atoms with E-state index in [1.54, 1.807) is 31.2 Å². The molecule has 0 spiro atoms. The van der Waals surface area contributed by atoms with Crippen molar-refractivity contribution in [2.24, 2.45) is 0 Å². The Morgan fingerprint density at radius 2 is 1.72 bits per heavy atom. The van der Waals surface area contributed by atoms with Crippen molar-refractivity contribution in [2.75, 3.05) is 10.5 Å². The lowest BCUT2D eigenvalue weighted by molar-refractivity contribution is 0.0940. The van der Waals surface area contributed by atoms with Crippen LogP contribution in [0.4, 0.5) is 5.69 Å². The highest BCUT2D eigenvalue weighted by Crippen LogP contribution is 2.19. The zero-order valence-electron chi connectivity index (χ0n) is 15.0. The van der Waals surface area contributed by atoms with Crippen LogP contribution in [0.15, 0.2) is 42.5 Å². The van der Waals surface area contributed by atoms with Gasteiger partial charge in [-0.3, -0.25) is 9.52 Å². The summed E-state index contributed by atoms with van der Waals surface area (Å²) in [4.78, 5) is 12.4. The Labute approximate surface area is 149 Å². The first kappa shape index (κ1) is 19.0. The highest BCUT2D eigenvalue weighted by atomic mass is 32.2. The van der Waals surface area contributed by atoms with Crippen molar-refractivity contribution in [3.8, 4) is 0 Å². The molecule has 0 heterocycles. The molecule has 0 fully saturated rings. The van der Waals surface area contributed by atoms with E-state index >= 15 is 0 Å². The molecule has 0 aliphatic heterocycles. The van der Waals surface area contributed by atoms with Crippen LogP contribution in [-0.4, -0.2) is 20.1 Å². The van der Waals surface area contributed by atoms with Gasteiger partial charge in [0.15, 0.2) is 0 Å². The second-order valence-corrected chi connectivity index (χ2v) is 8.15. The van der Waals surface area contributed by atoms with E-state index in [1.807, 2.05) is 32.9 Å². The lowest BCUT2D eigenvalue weighted by Gasteiger charge is -2.17. The molecule has 25 heavy (non-hydrogen) atoms. The lowest BCUT2D eigenvalue weighted by Crippen LogP contribution is -2.27. The Bertz CT molecular complexity index is 859. The maximum Gasteiger partial charge on any atom is 0.251 e. The fourth-order valence-corrected chi connectivity index (χ4v) is 3.25. The molecule has 1 unspecified atom stereocenters. The number of hydrogen-bond donors (Lipinski definition) is 2. The Morgan fingerprint density at radius 1 is 1.08 bits per heavy atom. The number of hydrogen-bond acceptors (Lipinski definition) is 3. The molecule has 5 nitrogen and oxygen atoms in total. The minimum atomic E-state index is -3.32. The molecule has 6 heteroatoms. The maximum atomic E-state index is 12.4. The number of carbonyl (C=O) groups excluding carboxylic acids is 1. The second kappa shape index (κ2) is 7.70. The van der Waals surface area contributed by atoms with Crippen molar-refractivity contribution < 1.29 is 13.2 Å². The predicted molar refractivity (Wildman–Crippen MR) is 101 cm³/mol. The lowest BCUT2D eigenvalue weighted by atomic mass is 10.00. The van der Waals surface area contributed by atoms with E-state index in [1.165, 1.54) is 5.56 Å². The number of anilines is 1. The van der Waals surface area contributed by atoms with Gasteiger partial charge in [0.05, 0.1) is 11.8 Å². The SMILES string of the molecule is CCS(=O)(=O)Nc1ccc(C(=O)NC(C)c2ccc(C)cc2C)cc1. The van der Waals surface area contributed by atoms with Gasteiger partial charge in [0.1, 0.15) is 0 Å². The van der Waals surface area contributed by atoms with Gasteiger partial charge in [0.25, 0.3) is 5.91 Å². The van der Waals surface area contributed by atoms with Gasteiger partial charge in [0, 0.05) is 11.3 Å². The molecule has 0 aliphatic carbocycles. The van der Waals surface area contributed by atoms with Crippen molar-refractivity contribution in [2.45, 2.75) is 33.7 Å². The number of carbonyl (C=O) groups is 1. The Balaban J connectivity index is 2.08. The molecule has 134 valence electrons. The summed E-state index contributed by atoms with van der Waals surface area (Å²) in [6, 6.07) is 12.4. The number of amides is 1. The molecule has 0 saturated carbocycles. The van der Waals surface area contributed by atoms with Crippen LogP contribution in [-0.2, 0) is 10.0 Å². The quantitative estimate of drug-likeness (QED) is 0.827. The van der Waals surface area contributed by atoms with Crippen LogP contribution in [0.25, 0.3) is 0 Å². The average molecular weight is 360 g/mol. The molecule has 2 N–H and O–H groups in total.